The monoisotopic (exact) mass is 243 g/mol. The topological polar surface area (TPSA) is 57.6 Å². The largest absolute Gasteiger partial charge is 0.480 e. The quantitative estimate of drug-likeness (QED) is 0.677. The zero-order valence-corrected chi connectivity index (χ0v) is 11.2. The molecule has 0 aliphatic rings. The summed E-state index contributed by atoms with van der Waals surface area (Å²) in [6, 6.07) is 0. The summed E-state index contributed by atoms with van der Waals surface area (Å²) in [5, 5.41) is 8.80. The molecule has 0 heterocycles. The lowest BCUT2D eigenvalue weighted by atomic mass is 9.97. The second-order valence-electron chi connectivity index (χ2n) is 4.40. The maximum Gasteiger partial charge on any atom is 0.323 e. The molecule has 100 valence electrons. The van der Waals surface area contributed by atoms with Gasteiger partial charge in [-0.05, 0) is 19.3 Å². The summed E-state index contributed by atoms with van der Waals surface area (Å²) in [6.45, 7) is 6.40. The van der Waals surface area contributed by atoms with Crippen LogP contribution in [0.5, 0.6) is 0 Å². The summed E-state index contributed by atoms with van der Waals surface area (Å²) in [5.41, 5.74) is 0. The third kappa shape index (κ3) is 6.29. The Bertz CT molecular complexity index is 241. The van der Waals surface area contributed by atoms with Gasteiger partial charge in [-0.25, -0.2) is 0 Å². The van der Waals surface area contributed by atoms with Gasteiger partial charge in [-0.1, -0.05) is 33.6 Å². The molecule has 1 atom stereocenters. The van der Waals surface area contributed by atoms with Gasteiger partial charge in [0.25, 0.3) is 0 Å². The first kappa shape index (κ1) is 15.9. The van der Waals surface area contributed by atoms with Crippen molar-refractivity contribution in [3.63, 3.8) is 0 Å². The molecular formula is C13H25NO3. The number of hydrogen-bond donors (Lipinski definition) is 1. The van der Waals surface area contributed by atoms with Crippen LogP contribution in [0.2, 0.25) is 0 Å². The SMILES string of the molecule is CCCCC(CC)C(=O)N(CCC)CC(=O)O. The summed E-state index contributed by atoms with van der Waals surface area (Å²) in [6.07, 6.45) is 4.54. The summed E-state index contributed by atoms with van der Waals surface area (Å²) < 4.78 is 0. The lowest BCUT2D eigenvalue weighted by Crippen LogP contribution is -2.40. The van der Waals surface area contributed by atoms with E-state index >= 15 is 0 Å². The molecule has 0 aromatic heterocycles. The van der Waals surface area contributed by atoms with Crippen molar-refractivity contribution in [1.82, 2.24) is 4.90 Å². The molecule has 1 unspecified atom stereocenters. The van der Waals surface area contributed by atoms with E-state index in [0.717, 1.165) is 32.1 Å². The van der Waals surface area contributed by atoms with Gasteiger partial charge in [-0.3, -0.25) is 9.59 Å². The zero-order chi connectivity index (χ0) is 13.3. The number of carbonyl (C=O) groups is 2. The molecular weight excluding hydrogens is 218 g/mol. The zero-order valence-electron chi connectivity index (χ0n) is 11.2. The molecule has 0 rings (SSSR count). The minimum atomic E-state index is -0.933. The second kappa shape index (κ2) is 9.02. The van der Waals surface area contributed by atoms with Crippen LogP contribution in [0.15, 0.2) is 0 Å². The highest BCUT2D eigenvalue weighted by Gasteiger charge is 2.23. The first-order valence-electron chi connectivity index (χ1n) is 6.57. The summed E-state index contributed by atoms with van der Waals surface area (Å²) in [5.74, 6) is -0.941. The van der Waals surface area contributed by atoms with Gasteiger partial charge in [0.2, 0.25) is 5.91 Å². The molecule has 1 amide bonds. The second-order valence-corrected chi connectivity index (χ2v) is 4.40. The van der Waals surface area contributed by atoms with Crippen LogP contribution in [-0.4, -0.2) is 35.0 Å². The smallest absolute Gasteiger partial charge is 0.323 e. The average Bonchev–Trinajstić information content (AvgIpc) is 2.28. The van der Waals surface area contributed by atoms with E-state index in [1.54, 1.807) is 0 Å². The molecule has 0 bridgehead atoms. The van der Waals surface area contributed by atoms with Gasteiger partial charge in [0.1, 0.15) is 6.54 Å². The fourth-order valence-corrected chi connectivity index (χ4v) is 1.91. The van der Waals surface area contributed by atoms with Crippen molar-refractivity contribution in [3.8, 4) is 0 Å². The number of carboxylic acids is 1. The Labute approximate surface area is 104 Å². The Balaban J connectivity index is 4.48. The maximum atomic E-state index is 12.2. The third-order valence-corrected chi connectivity index (χ3v) is 2.88. The van der Waals surface area contributed by atoms with Gasteiger partial charge in [-0.2, -0.15) is 0 Å². The average molecular weight is 243 g/mol. The van der Waals surface area contributed by atoms with E-state index in [4.69, 9.17) is 5.11 Å². The Kier molecular flexibility index (Phi) is 8.46. The summed E-state index contributed by atoms with van der Waals surface area (Å²) in [7, 11) is 0. The van der Waals surface area contributed by atoms with Crippen molar-refractivity contribution in [2.45, 2.75) is 52.9 Å². The number of unbranched alkanes of at least 4 members (excludes halogenated alkanes) is 1. The first-order chi connectivity index (χ1) is 8.06. The first-order valence-corrected chi connectivity index (χ1v) is 6.57. The van der Waals surface area contributed by atoms with Gasteiger partial charge in [0.05, 0.1) is 0 Å². The standard InChI is InChI=1S/C13H25NO3/c1-4-7-8-11(6-3)13(17)14(9-5-2)10-12(15)16/h11H,4-10H2,1-3H3,(H,15,16). The van der Waals surface area contributed by atoms with E-state index < -0.39 is 5.97 Å². The lowest BCUT2D eigenvalue weighted by Gasteiger charge is -2.25. The van der Waals surface area contributed by atoms with Crippen molar-refractivity contribution < 1.29 is 14.7 Å². The molecule has 0 saturated heterocycles. The molecule has 4 heteroatoms. The van der Waals surface area contributed by atoms with Crippen LogP contribution in [0.3, 0.4) is 0 Å². The van der Waals surface area contributed by atoms with Crippen molar-refractivity contribution in [2.75, 3.05) is 13.1 Å². The van der Waals surface area contributed by atoms with Gasteiger partial charge in [0.15, 0.2) is 0 Å². The highest BCUT2D eigenvalue weighted by atomic mass is 16.4. The third-order valence-electron chi connectivity index (χ3n) is 2.88. The van der Waals surface area contributed by atoms with E-state index in [2.05, 4.69) is 6.92 Å². The molecule has 0 aliphatic heterocycles. The van der Waals surface area contributed by atoms with Gasteiger partial charge >= 0.3 is 5.97 Å². The molecule has 0 saturated carbocycles. The Hall–Kier alpha value is -1.06. The van der Waals surface area contributed by atoms with Gasteiger partial charge in [0, 0.05) is 12.5 Å². The number of amides is 1. The predicted octanol–water partition coefficient (Wildman–Crippen LogP) is 2.53. The number of aliphatic carboxylic acids is 1. The van der Waals surface area contributed by atoms with E-state index in [1.807, 2.05) is 13.8 Å². The minimum Gasteiger partial charge on any atom is -0.480 e. The predicted molar refractivity (Wildman–Crippen MR) is 67.8 cm³/mol. The van der Waals surface area contributed by atoms with Crippen LogP contribution in [0.1, 0.15) is 52.9 Å². The van der Waals surface area contributed by atoms with Gasteiger partial charge in [-0.15, -0.1) is 0 Å². The fraction of sp³-hybridized carbons (Fsp3) is 0.846. The normalized spacial score (nSPS) is 12.2. The highest BCUT2D eigenvalue weighted by Crippen LogP contribution is 2.16. The van der Waals surface area contributed by atoms with Crippen LogP contribution < -0.4 is 0 Å². The lowest BCUT2D eigenvalue weighted by molar-refractivity contribution is -0.146. The molecule has 0 radical (unpaired) electrons. The van der Waals surface area contributed by atoms with Crippen LogP contribution in [-0.2, 0) is 9.59 Å². The molecule has 0 aliphatic carbocycles. The van der Waals surface area contributed by atoms with E-state index in [1.165, 1.54) is 4.90 Å². The van der Waals surface area contributed by atoms with E-state index in [0.29, 0.717) is 6.54 Å². The Morgan fingerprint density at radius 2 is 1.82 bits per heavy atom. The number of carbonyl (C=O) groups excluding carboxylic acids is 1. The minimum absolute atomic E-state index is 0.00481. The van der Waals surface area contributed by atoms with Crippen LogP contribution in [0, 0.1) is 5.92 Å². The number of hydrogen-bond acceptors (Lipinski definition) is 2. The number of rotatable bonds is 9. The summed E-state index contributed by atoms with van der Waals surface area (Å²) >= 11 is 0. The molecule has 0 aromatic carbocycles. The molecule has 0 aromatic rings. The molecule has 4 nitrogen and oxygen atoms in total. The maximum absolute atomic E-state index is 12.2. The van der Waals surface area contributed by atoms with E-state index in [-0.39, 0.29) is 18.4 Å². The van der Waals surface area contributed by atoms with E-state index in [9.17, 15) is 9.59 Å². The molecule has 17 heavy (non-hydrogen) atoms. The van der Waals surface area contributed by atoms with Crippen LogP contribution in [0.4, 0.5) is 0 Å². The van der Waals surface area contributed by atoms with Crippen molar-refractivity contribution >= 4 is 11.9 Å². The number of carboxylic acid groups (broad SMARTS) is 1. The van der Waals surface area contributed by atoms with Crippen LogP contribution >= 0.6 is 0 Å². The Morgan fingerprint density at radius 3 is 2.24 bits per heavy atom. The number of nitrogens with zero attached hydrogens (tertiary/aromatic N) is 1. The molecule has 1 N–H and O–H groups in total. The molecule has 0 spiro atoms. The van der Waals surface area contributed by atoms with Crippen LogP contribution in [0.25, 0.3) is 0 Å². The fourth-order valence-electron chi connectivity index (χ4n) is 1.91. The molecule has 0 fully saturated rings. The van der Waals surface area contributed by atoms with Crippen molar-refractivity contribution in [3.05, 3.63) is 0 Å². The highest BCUT2D eigenvalue weighted by molar-refractivity contribution is 5.83. The van der Waals surface area contributed by atoms with Crippen molar-refractivity contribution in [2.24, 2.45) is 5.92 Å². The van der Waals surface area contributed by atoms with Gasteiger partial charge < -0.3 is 10.0 Å². The summed E-state index contributed by atoms with van der Waals surface area (Å²) in [4.78, 5) is 24.4. The Morgan fingerprint density at radius 1 is 1.18 bits per heavy atom. The van der Waals surface area contributed by atoms with Crippen molar-refractivity contribution in [1.29, 1.82) is 0 Å².